The van der Waals surface area contributed by atoms with Gasteiger partial charge in [0, 0.05) is 15.1 Å². The highest BCUT2D eigenvalue weighted by Gasteiger charge is 2.17. The molecule has 0 aliphatic rings. The smallest absolute Gasteiger partial charge is 0.0893 e. The lowest BCUT2D eigenvalue weighted by molar-refractivity contribution is 0.618. The van der Waals surface area contributed by atoms with Crippen LogP contribution in [0.3, 0.4) is 0 Å². The number of nitrogens with zero attached hydrogens (tertiary/aromatic N) is 1. The minimum absolute atomic E-state index is 0.169. The Morgan fingerprint density at radius 3 is 2.48 bits per heavy atom. The second-order valence-electron chi connectivity index (χ2n) is 4.73. The van der Waals surface area contributed by atoms with Crippen molar-refractivity contribution in [3.05, 3.63) is 74.9 Å². The van der Waals surface area contributed by atoms with Crippen LogP contribution in [0.1, 0.15) is 17.3 Å². The first-order valence-corrected chi connectivity index (χ1v) is 8.03. The van der Waals surface area contributed by atoms with Crippen LogP contribution >= 0.6 is 31.9 Å². The first-order chi connectivity index (χ1) is 10.2. The maximum atomic E-state index is 5.77. The molecule has 0 amide bonds. The molecule has 1 unspecified atom stereocenters. The van der Waals surface area contributed by atoms with E-state index in [2.05, 4.69) is 72.6 Å². The predicted octanol–water partition coefficient (Wildman–Crippen LogP) is 4.31. The fraction of sp³-hybridized carbons (Fsp3) is 0.0625. The van der Waals surface area contributed by atoms with Crippen molar-refractivity contribution < 1.29 is 0 Å². The predicted molar refractivity (Wildman–Crippen MR) is 92.8 cm³/mol. The van der Waals surface area contributed by atoms with Crippen LogP contribution in [-0.4, -0.2) is 4.98 Å². The normalized spacial score (nSPS) is 12.5. The Bertz CT molecular complexity index is 789. The average Bonchev–Trinajstić information content (AvgIpc) is 2.50. The first kappa shape index (κ1) is 14.7. The summed E-state index contributed by atoms with van der Waals surface area (Å²) in [5, 5.41) is 2.39. The summed E-state index contributed by atoms with van der Waals surface area (Å²) in [6.07, 6.45) is 1.77. The molecule has 3 N–H and O–H groups in total. The minimum atomic E-state index is -0.169. The van der Waals surface area contributed by atoms with Gasteiger partial charge < -0.3 is 0 Å². The molecule has 1 atom stereocenters. The highest BCUT2D eigenvalue weighted by molar-refractivity contribution is 9.11. The third-order valence-electron chi connectivity index (χ3n) is 3.38. The monoisotopic (exact) mass is 405 g/mol. The number of fused-ring (bicyclic) bond motifs is 1. The standard InChI is InChI=1S/C16H13Br2N3/c17-13-8-14(18)16(20-9-13)15(21-19)12-6-5-10-3-1-2-4-11(10)7-12/h1-9,15,21H,19H2. The summed E-state index contributed by atoms with van der Waals surface area (Å²) in [7, 11) is 0. The molecule has 0 radical (unpaired) electrons. The van der Waals surface area contributed by atoms with Crippen LogP contribution in [0.25, 0.3) is 10.8 Å². The summed E-state index contributed by atoms with van der Waals surface area (Å²) < 4.78 is 1.83. The molecule has 1 aromatic heterocycles. The van der Waals surface area contributed by atoms with Gasteiger partial charge in [0.2, 0.25) is 0 Å². The van der Waals surface area contributed by atoms with Crippen molar-refractivity contribution in [2.75, 3.05) is 0 Å². The minimum Gasteiger partial charge on any atom is -0.271 e. The highest BCUT2D eigenvalue weighted by Crippen LogP contribution is 2.29. The number of hydrogen-bond donors (Lipinski definition) is 2. The van der Waals surface area contributed by atoms with Crippen molar-refractivity contribution in [2.24, 2.45) is 5.84 Å². The quantitative estimate of drug-likeness (QED) is 0.503. The van der Waals surface area contributed by atoms with Crippen LogP contribution in [0, 0.1) is 0 Å². The zero-order chi connectivity index (χ0) is 14.8. The van der Waals surface area contributed by atoms with Gasteiger partial charge in [-0.15, -0.1) is 0 Å². The zero-order valence-corrected chi connectivity index (χ0v) is 14.2. The topological polar surface area (TPSA) is 50.9 Å². The summed E-state index contributed by atoms with van der Waals surface area (Å²) in [6, 6.07) is 16.4. The molecule has 21 heavy (non-hydrogen) atoms. The largest absolute Gasteiger partial charge is 0.271 e. The number of nitrogens with one attached hydrogen (secondary N) is 1. The average molecular weight is 407 g/mol. The molecule has 1 heterocycles. The van der Waals surface area contributed by atoms with Crippen molar-refractivity contribution in [2.45, 2.75) is 6.04 Å². The molecule has 0 spiro atoms. The van der Waals surface area contributed by atoms with Gasteiger partial charge in [-0.3, -0.25) is 10.8 Å². The number of hydrazine groups is 1. The number of pyridine rings is 1. The van der Waals surface area contributed by atoms with E-state index in [0.717, 1.165) is 20.2 Å². The molecule has 0 saturated carbocycles. The molecule has 3 aromatic rings. The number of halogens is 2. The van der Waals surface area contributed by atoms with E-state index in [1.54, 1.807) is 6.20 Å². The number of benzene rings is 2. The van der Waals surface area contributed by atoms with Crippen LogP contribution in [0.4, 0.5) is 0 Å². The van der Waals surface area contributed by atoms with Gasteiger partial charge in [0.15, 0.2) is 0 Å². The Labute approximate surface area is 139 Å². The van der Waals surface area contributed by atoms with Gasteiger partial charge in [-0.05, 0) is 60.3 Å². The van der Waals surface area contributed by atoms with Crippen molar-refractivity contribution in [3.63, 3.8) is 0 Å². The Morgan fingerprint density at radius 1 is 1.00 bits per heavy atom. The molecule has 2 aromatic carbocycles. The fourth-order valence-corrected chi connectivity index (χ4v) is 3.57. The third-order valence-corrected chi connectivity index (χ3v) is 4.45. The molecule has 0 aliphatic heterocycles. The lowest BCUT2D eigenvalue weighted by Crippen LogP contribution is -2.29. The Hall–Kier alpha value is -1.27. The first-order valence-electron chi connectivity index (χ1n) is 6.45. The zero-order valence-electron chi connectivity index (χ0n) is 11.1. The lowest BCUT2D eigenvalue weighted by Gasteiger charge is -2.18. The van der Waals surface area contributed by atoms with E-state index in [9.17, 15) is 0 Å². The van der Waals surface area contributed by atoms with Crippen molar-refractivity contribution in [3.8, 4) is 0 Å². The van der Waals surface area contributed by atoms with E-state index < -0.39 is 0 Å². The Kier molecular flexibility index (Phi) is 4.35. The molecule has 5 heteroatoms. The fourth-order valence-electron chi connectivity index (χ4n) is 2.36. The van der Waals surface area contributed by atoms with E-state index >= 15 is 0 Å². The van der Waals surface area contributed by atoms with Crippen LogP contribution < -0.4 is 11.3 Å². The molecule has 0 saturated heterocycles. The van der Waals surface area contributed by atoms with Gasteiger partial charge in [-0.2, -0.15) is 0 Å². The summed E-state index contributed by atoms with van der Waals surface area (Å²) in [5.74, 6) is 5.77. The summed E-state index contributed by atoms with van der Waals surface area (Å²) in [5.41, 5.74) is 4.78. The van der Waals surface area contributed by atoms with Gasteiger partial charge in [0.25, 0.3) is 0 Å². The van der Waals surface area contributed by atoms with Crippen LogP contribution in [0.5, 0.6) is 0 Å². The SMILES string of the molecule is NNC(c1ccc2ccccc2c1)c1ncc(Br)cc1Br. The number of aromatic nitrogens is 1. The van der Waals surface area contributed by atoms with Crippen LogP contribution in [-0.2, 0) is 0 Å². The van der Waals surface area contributed by atoms with E-state index in [4.69, 9.17) is 5.84 Å². The maximum absolute atomic E-state index is 5.77. The van der Waals surface area contributed by atoms with Gasteiger partial charge in [0.1, 0.15) is 0 Å². The van der Waals surface area contributed by atoms with Gasteiger partial charge >= 0.3 is 0 Å². The molecule has 106 valence electrons. The molecule has 0 aliphatic carbocycles. The molecule has 0 bridgehead atoms. The van der Waals surface area contributed by atoms with Gasteiger partial charge in [0.05, 0.1) is 11.7 Å². The number of hydrogen-bond acceptors (Lipinski definition) is 3. The maximum Gasteiger partial charge on any atom is 0.0893 e. The van der Waals surface area contributed by atoms with Gasteiger partial charge in [-0.25, -0.2) is 5.43 Å². The summed E-state index contributed by atoms with van der Waals surface area (Å²) in [6.45, 7) is 0. The Balaban J connectivity index is 2.09. The summed E-state index contributed by atoms with van der Waals surface area (Å²) >= 11 is 6.96. The van der Waals surface area contributed by atoms with Crippen molar-refractivity contribution in [1.29, 1.82) is 0 Å². The van der Waals surface area contributed by atoms with Crippen LogP contribution in [0.15, 0.2) is 63.7 Å². The highest BCUT2D eigenvalue weighted by atomic mass is 79.9. The van der Waals surface area contributed by atoms with E-state index in [-0.39, 0.29) is 6.04 Å². The van der Waals surface area contributed by atoms with Crippen molar-refractivity contribution in [1.82, 2.24) is 10.4 Å². The van der Waals surface area contributed by atoms with Gasteiger partial charge in [-0.1, -0.05) is 36.4 Å². The van der Waals surface area contributed by atoms with E-state index in [0.29, 0.717) is 0 Å². The van der Waals surface area contributed by atoms with E-state index in [1.807, 2.05) is 18.2 Å². The van der Waals surface area contributed by atoms with Crippen molar-refractivity contribution >= 4 is 42.6 Å². The molecule has 3 nitrogen and oxygen atoms in total. The molecule has 0 fully saturated rings. The second kappa shape index (κ2) is 6.23. The van der Waals surface area contributed by atoms with Crippen LogP contribution in [0.2, 0.25) is 0 Å². The van der Waals surface area contributed by atoms with E-state index in [1.165, 1.54) is 10.8 Å². The second-order valence-corrected chi connectivity index (χ2v) is 6.50. The number of nitrogens with two attached hydrogens (primary N) is 1. The number of rotatable bonds is 3. The summed E-state index contributed by atoms with van der Waals surface area (Å²) in [4.78, 5) is 4.47. The lowest BCUT2D eigenvalue weighted by atomic mass is 10.00. The Morgan fingerprint density at radius 2 is 1.76 bits per heavy atom. The molecular formula is C16H13Br2N3. The third kappa shape index (κ3) is 3.01. The molecular weight excluding hydrogens is 394 g/mol. The molecule has 3 rings (SSSR count).